The zero-order valence-corrected chi connectivity index (χ0v) is 11.7. The summed E-state index contributed by atoms with van der Waals surface area (Å²) in [5.41, 5.74) is 0.964. The highest BCUT2D eigenvalue weighted by Crippen LogP contribution is 2.29. The Hall–Kier alpha value is -0.840. The molecule has 1 N–H and O–H groups in total. The summed E-state index contributed by atoms with van der Waals surface area (Å²) in [7, 11) is 0. The zero-order valence-electron chi connectivity index (χ0n) is 10.1. The Morgan fingerprint density at radius 2 is 2.44 bits per heavy atom. The van der Waals surface area contributed by atoms with Gasteiger partial charge in [-0.05, 0) is 31.5 Å². The first-order valence-corrected chi connectivity index (χ1v) is 7.33. The van der Waals surface area contributed by atoms with E-state index in [2.05, 4.69) is 17.2 Å². The van der Waals surface area contributed by atoms with Gasteiger partial charge in [-0.1, -0.05) is 22.9 Å². The molecule has 0 amide bonds. The summed E-state index contributed by atoms with van der Waals surface area (Å²) in [5.74, 6) is 0.584. The molecule has 3 rings (SSSR count). The molecule has 0 aliphatic carbocycles. The number of rotatable bonds is 3. The molecule has 1 aromatic heterocycles. The van der Waals surface area contributed by atoms with Gasteiger partial charge in [0.15, 0.2) is 5.13 Å². The maximum atomic E-state index is 5.96. The van der Waals surface area contributed by atoms with Crippen molar-refractivity contribution in [3.05, 3.63) is 23.2 Å². The number of nitrogens with one attached hydrogen (secondary N) is 1. The van der Waals surface area contributed by atoms with Gasteiger partial charge >= 0.3 is 0 Å². The van der Waals surface area contributed by atoms with Crippen molar-refractivity contribution < 1.29 is 4.74 Å². The largest absolute Gasteiger partial charge is 0.378 e. The third-order valence-corrected chi connectivity index (χ3v) is 4.63. The van der Waals surface area contributed by atoms with Gasteiger partial charge in [-0.3, -0.25) is 0 Å². The third kappa shape index (κ3) is 2.46. The minimum absolute atomic E-state index is 0.348. The lowest BCUT2D eigenvalue weighted by Crippen LogP contribution is -2.20. The van der Waals surface area contributed by atoms with Crippen LogP contribution in [0.3, 0.4) is 0 Å². The fraction of sp³-hybridized carbons (Fsp3) is 0.462. The van der Waals surface area contributed by atoms with Crippen molar-refractivity contribution in [2.24, 2.45) is 5.92 Å². The van der Waals surface area contributed by atoms with Crippen LogP contribution in [-0.4, -0.2) is 24.2 Å². The Balaban J connectivity index is 1.71. The molecule has 18 heavy (non-hydrogen) atoms. The van der Waals surface area contributed by atoms with Gasteiger partial charge in [-0.2, -0.15) is 0 Å². The molecule has 2 heterocycles. The van der Waals surface area contributed by atoms with E-state index in [9.17, 15) is 0 Å². The van der Waals surface area contributed by atoms with Crippen molar-refractivity contribution in [3.8, 4) is 0 Å². The van der Waals surface area contributed by atoms with Crippen molar-refractivity contribution in [2.75, 3.05) is 18.5 Å². The molecular formula is C13H15ClN2OS. The molecule has 1 saturated heterocycles. The lowest BCUT2D eigenvalue weighted by molar-refractivity contribution is 0.108. The fourth-order valence-electron chi connectivity index (χ4n) is 2.24. The molecule has 3 nitrogen and oxygen atoms in total. The molecule has 0 spiro atoms. The molecule has 2 aromatic rings. The predicted molar refractivity (Wildman–Crippen MR) is 76.6 cm³/mol. The van der Waals surface area contributed by atoms with Crippen molar-refractivity contribution in [1.29, 1.82) is 0 Å². The van der Waals surface area contributed by atoms with Crippen LogP contribution in [0.2, 0.25) is 5.02 Å². The molecule has 1 aliphatic rings. The molecule has 1 fully saturated rings. The number of anilines is 1. The van der Waals surface area contributed by atoms with Gasteiger partial charge in [0.25, 0.3) is 0 Å². The van der Waals surface area contributed by atoms with Crippen molar-refractivity contribution in [1.82, 2.24) is 4.98 Å². The molecule has 5 heteroatoms. The predicted octanol–water partition coefficient (Wildman–Crippen LogP) is 3.79. The van der Waals surface area contributed by atoms with Gasteiger partial charge in [0.1, 0.15) is 0 Å². The normalized spacial score (nSPS) is 23.7. The maximum Gasteiger partial charge on any atom is 0.183 e. The van der Waals surface area contributed by atoms with E-state index in [4.69, 9.17) is 16.3 Å². The summed E-state index contributed by atoms with van der Waals surface area (Å²) in [6.45, 7) is 3.94. The van der Waals surface area contributed by atoms with E-state index in [-0.39, 0.29) is 0 Å². The maximum absolute atomic E-state index is 5.96. The smallest absolute Gasteiger partial charge is 0.183 e. The monoisotopic (exact) mass is 282 g/mol. The second-order valence-electron chi connectivity index (χ2n) is 4.64. The average Bonchev–Trinajstić information content (AvgIpc) is 2.92. The lowest BCUT2D eigenvalue weighted by Gasteiger charge is -2.13. The lowest BCUT2D eigenvalue weighted by atomic mass is 10.0. The Bertz CT molecular complexity index is 557. The van der Waals surface area contributed by atoms with E-state index < -0.39 is 0 Å². The van der Waals surface area contributed by atoms with Crippen LogP contribution in [0.4, 0.5) is 5.13 Å². The number of benzene rings is 1. The zero-order chi connectivity index (χ0) is 12.5. The number of halogens is 1. The SMILES string of the molecule is CC1OCCC1CNc1nc2cc(Cl)ccc2s1. The molecular weight excluding hydrogens is 268 g/mol. The summed E-state index contributed by atoms with van der Waals surface area (Å²) in [5, 5.41) is 5.11. The van der Waals surface area contributed by atoms with E-state index in [1.165, 1.54) is 0 Å². The Labute approximate surface area is 115 Å². The van der Waals surface area contributed by atoms with Gasteiger partial charge in [-0.25, -0.2) is 4.98 Å². The number of hydrogen-bond acceptors (Lipinski definition) is 4. The van der Waals surface area contributed by atoms with E-state index in [0.717, 1.165) is 39.9 Å². The van der Waals surface area contributed by atoms with Crippen LogP contribution in [0.15, 0.2) is 18.2 Å². The minimum Gasteiger partial charge on any atom is -0.378 e. The molecule has 0 saturated carbocycles. The van der Waals surface area contributed by atoms with Crippen LogP contribution in [0.1, 0.15) is 13.3 Å². The summed E-state index contributed by atoms with van der Waals surface area (Å²) < 4.78 is 6.72. The summed E-state index contributed by atoms with van der Waals surface area (Å²) >= 11 is 7.62. The van der Waals surface area contributed by atoms with Gasteiger partial charge in [0.05, 0.1) is 16.3 Å². The number of nitrogens with zero attached hydrogens (tertiary/aromatic N) is 1. The molecule has 0 bridgehead atoms. The Kier molecular flexibility index (Phi) is 3.41. The van der Waals surface area contributed by atoms with Crippen LogP contribution in [-0.2, 0) is 4.74 Å². The minimum atomic E-state index is 0.348. The number of aromatic nitrogens is 1. The summed E-state index contributed by atoms with van der Waals surface area (Å²) in [4.78, 5) is 4.54. The van der Waals surface area contributed by atoms with Crippen LogP contribution < -0.4 is 5.32 Å². The van der Waals surface area contributed by atoms with Gasteiger partial charge in [0, 0.05) is 24.1 Å². The second kappa shape index (κ2) is 5.03. The fourth-order valence-corrected chi connectivity index (χ4v) is 3.26. The first kappa shape index (κ1) is 12.2. The van der Waals surface area contributed by atoms with Gasteiger partial charge < -0.3 is 10.1 Å². The first-order valence-electron chi connectivity index (χ1n) is 6.14. The van der Waals surface area contributed by atoms with E-state index in [0.29, 0.717) is 12.0 Å². The molecule has 1 aromatic carbocycles. The van der Waals surface area contributed by atoms with Crippen LogP contribution in [0, 0.1) is 5.92 Å². The summed E-state index contributed by atoms with van der Waals surface area (Å²) in [6, 6.07) is 5.82. The van der Waals surface area contributed by atoms with Crippen LogP contribution in [0.5, 0.6) is 0 Å². The summed E-state index contributed by atoms with van der Waals surface area (Å²) in [6.07, 6.45) is 1.48. The molecule has 2 unspecified atom stereocenters. The quantitative estimate of drug-likeness (QED) is 0.930. The molecule has 2 atom stereocenters. The van der Waals surface area contributed by atoms with E-state index >= 15 is 0 Å². The highest BCUT2D eigenvalue weighted by molar-refractivity contribution is 7.22. The standard InChI is InChI=1S/C13H15ClN2OS/c1-8-9(4-5-17-8)7-15-13-16-11-6-10(14)2-3-12(11)18-13/h2-3,6,8-9H,4-5,7H2,1H3,(H,15,16). The van der Waals surface area contributed by atoms with Crippen molar-refractivity contribution in [2.45, 2.75) is 19.4 Å². The Morgan fingerprint density at radius 3 is 3.22 bits per heavy atom. The molecule has 0 radical (unpaired) electrons. The highest BCUT2D eigenvalue weighted by atomic mass is 35.5. The van der Waals surface area contributed by atoms with E-state index in [1.807, 2.05) is 18.2 Å². The third-order valence-electron chi connectivity index (χ3n) is 3.40. The number of hydrogen-bond donors (Lipinski definition) is 1. The van der Waals surface area contributed by atoms with Crippen LogP contribution >= 0.6 is 22.9 Å². The Morgan fingerprint density at radius 1 is 1.56 bits per heavy atom. The number of thiazole rings is 1. The van der Waals surface area contributed by atoms with Gasteiger partial charge in [-0.15, -0.1) is 0 Å². The number of fused-ring (bicyclic) bond motifs is 1. The second-order valence-corrected chi connectivity index (χ2v) is 6.10. The van der Waals surface area contributed by atoms with E-state index in [1.54, 1.807) is 11.3 Å². The van der Waals surface area contributed by atoms with Crippen LogP contribution in [0.25, 0.3) is 10.2 Å². The number of ether oxygens (including phenoxy) is 1. The molecule has 96 valence electrons. The van der Waals surface area contributed by atoms with Gasteiger partial charge in [0.2, 0.25) is 0 Å². The molecule has 1 aliphatic heterocycles. The first-order chi connectivity index (χ1) is 8.72. The average molecular weight is 283 g/mol. The highest BCUT2D eigenvalue weighted by Gasteiger charge is 2.23. The topological polar surface area (TPSA) is 34.1 Å². The van der Waals surface area contributed by atoms with Crippen molar-refractivity contribution >= 4 is 38.3 Å². The van der Waals surface area contributed by atoms with Crippen molar-refractivity contribution in [3.63, 3.8) is 0 Å².